The summed E-state index contributed by atoms with van der Waals surface area (Å²) >= 11 is 3.62. The Balaban J connectivity index is 1.15. The van der Waals surface area contributed by atoms with E-state index < -0.39 is 12.0 Å². The number of aromatic hydroxyl groups is 1. The number of anilines is 1. The summed E-state index contributed by atoms with van der Waals surface area (Å²) in [5.41, 5.74) is 0.300. The van der Waals surface area contributed by atoms with Gasteiger partial charge in [-0.05, 0) is 61.6 Å². The van der Waals surface area contributed by atoms with Gasteiger partial charge in [0.1, 0.15) is 35.6 Å². The molecule has 6 atom stereocenters. The molecule has 2 aromatic heterocycles. The Hall–Kier alpha value is -3.15. The van der Waals surface area contributed by atoms with Gasteiger partial charge in [0.2, 0.25) is 0 Å². The summed E-state index contributed by atoms with van der Waals surface area (Å²) < 4.78 is 39.1. The summed E-state index contributed by atoms with van der Waals surface area (Å²) in [4.78, 5) is 18.8. The Morgan fingerprint density at radius 2 is 1.87 bits per heavy atom. The molecule has 4 saturated heterocycles. The molecule has 2 bridgehead atoms. The number of halogens is 3. The summed E-state index contributed by atoms with van der Waals surface area (Å²) in [5, 5.41) is 16.3. The lowest BCUT2D eigenvalue weighted by Crippen LogP contribution is -2.51. The van der Waals surface area contributed by atoms with E-state index in [1.165, 1.54) is 19.3 Å². The summed E-state index contributed by atoms with van der Waals surface area (Å²) in [7, 11) is 0. The van der Waals surface area contributed by atoms with E-state index in [0.29, 0.717) is 53.8 Å². The zero-order chi connectivity index (χ0) is 31.2. The van der Waals surface area contributed by atoms with E-state index in [2.05, 4.69) is 36.0 Å². The van der Waals surface area contributed by atoms with Crippen molar-refractivity contribution in [2.45, 2.75) is 81.2 Å². The Morgan fingerprint density at radius 3 is 2.72 bits per heavy atom. The Labute approximate surface area is 274 Å². The topological polar surface area (TPSA) is 86.6 Å². The van der Waals surface area contributed by atoms with Gasteiger partial charge in [-0.1, -0.05) is 40.9 Å². The molecule has 1 aliphatic carbocycles. The van der Waals surface area contributed by atoms with Crippen LogP contribution in [0.5, 0.6) is 11.8 Å². The van der Waals surface area contributed by atoms with E-state index in [4.69, 9.17) is 14.7 Å². The number of rotatable bonds is 5. The first-order valence-electron chi connectivity index (χ1n) is 16.7. The van der Waals surface area contributed by atoms with Crippen molar-refractivity contribution in [1.82, 2.24) is 25.2 Å². The highest BCUT2D eigenvalue weighted by molar-refractivity contribution is 9.10. The number of phenolic OH excluding ortho intramolecular Hbond substituents is 1. The maximum absolute atomic E-state index is 16.9. The number of alkyl halides is 1. The zero-order valence-corrected chi connectivity index (χ0v) is 27.1. The first-order valence-corrected chi connectivity index (χ1v) is 17.5. The molecule has 1 saturated carbocycles. The fraction of sp³-hybridized carbons (Fsp3) is 0.514. The molecule has 2 N–H and O–H groups in total. The van der Waals surface area contributed by atoms with Crippen molar-refractivity contribution in [3.63, 3.8) is 0 Å². The zero-order valence-electron chi connectivity index (χ0n) is 25.6. The van der Waals surface area contributed by atoms with Gasteiger partial charge in [-0.2, -0.15) is 9.97 Å². The summed E-state index contributed by atoms with van der Waals surface area (Å²) in [6.45, 7) is 2.23. The minimum Gasteiger partial charge on any atom is -0.508 e. The van der Waals surface area contributed by atoms with Crippen LogP contribution in [0.3, 0.4) is 0 Å². The average Bonchev–Trinajstić information content (AvgIpc) is 3.66. The van der Waals surface area contributed by atoms with Gasteiger partial charge < -0.3 is 20.1 Å². The van der Waals surface area contributed by atoms with Crippen LogP contribution < -0.4 is 15.0 Å². The SMILES string of the molecule is Oc1cc(-c2ncc3c(N4CC5CCC(C4)N5)nc(OC[C@@]45C[C@@H](F)CN4[C@@H]4CCCC[C@@H]4C5)nc3c2F)c2c(Br)cccc2c1. The van der Waals surface area contributed by atoms with E-state index in [9.17, 15) is 9.50 Å². The molecule has 0 spiro atoms. The largest absolute Gasteiger partial charge is 0.508 e. The summed E-state index contributed by atoms with van der Waals surface area (Å²) in [6.07, 6.45) is 9.04. The van der Waals surface area contributed by atoms with E-state index in [0.717, 1.165) is 54.0 Å². The lowest BCUT2D eigenvalue weighted by atomic mass is 9.81. The molecule has 0 amide bonds. The second-order valence-corrected chi connectivity index (χ2v) is 15.0. The number of pyridine rings is 1. The van der Waals surface area contributed by atoms with Crippen LogP contribution in [0.25, 0.3) is 32.9 Å². The molecule has 9 rings (SSSR count). The van der Waals surface area contributed by atoms with Crippen LogP contribution in [0.15, 0.2) is 41.0 Å². The number of nitrogens with one attached hydrogen (secondary N) is 1. The van der Waals surface area contributed by atoms with Crippen LogP contribution in [0.1, 0.15) is 51.4 Å². The first kappa shape index (κ1) is 29.0. The van der Waals surface area contributed by atoms with Crippen LogP contribution in [-0.4, -0.2) is 81.0 Å². The number of aromatic nitrogens is 3. The molecule has 2 unspecified atom stereocenters. The van der Waals surface area contributed by atoms with Crippen molar-refractivity contribution >= 4 is 43.4 Å². The number of benzene rings is 2. The molecule has 5 fully saturated rings. The van der Waals surface area contributed by atoms with E-state index >= 15 is 4.39 Å². The van der Waals surface area contributed by atoms with Gasteiger partial charge in [0.25, 0.3) is 0 Å². The van der Waals surface area contributed by atoms with Crippen molar-refractivity contribution in [1.29, 1.82) is 0 Å². The quantitative estimate of drug-likeness (QED) is 0.245. The molecular weight excluding hydrogens is 654 g/mol. The molecule has 4 aromatic rings. The second kappa shape index (κ2) is 11.0. The molecule has 2 aromatic carbocycles. The molecule has 240 valence electrons. The van der Waals surface area contributed by atoms with Gasteiger partial charge >= 0.3 is 6.01 Å². The number of phenols is 1. The normalized spacial score (nSPS) is 30.7. The number of ether oxygens (including phenoxy) is 1. The number of nitrogens with zero attached hydrogens (tertiary/aromatic N) is 5. The highest BCUT2D eigenvalue weighted by atomic mass is 79.9. The van der Waals surface area contributed by atoms with Crippen LogP contribution in [0, 0.1) is 11.7 Å². The fourth-order valence-electron chi connectivity index (χ4n) is 9.45. The van der Waals surface area contributed by atoms with Gasteiger partial charge in [-0.15, -0.1) is 0 Å². The molecule has 5 aliphatic rings. The Bertz CT molecular complexity index is 1850. The molecular formula is C35H37BrF2N6O2. The molecule has 11 heteroatoms. The minimum absolute atomic E-state index is 0.0225. The Kier molecular flexibility index (Phi) is 6.91. The van der Waals surface area contributed by atoms with Crippen molar-refractivity contribution < 1.29 is 18.6 Å². The van der Waals surface area contributed by atoms with Gasteiger partial charge in [0.15, 0.2) is 5.82 Å². The number of fused-ring (bicyclic) bond motifs is 7. The third kappa shape index (κ3) is 4.67. The van der Waals surface area contributed by atoms with Gasteiger partial charge in [-0.25, -0.2) is 8.78 Å². The van der Waals surface area contributed by atoms with Crippen molar-refractivity contribution in [3.05, 3.63) is 46.8 Å². The molecule has 6 heterocycles. The standard InChI is InChI=1S/C35H37BrF2N6O2/c36-27-6-3-5-19-10-24(45)11-25(29(19)27)31-30(38)32-26(14-39-31)33(43-16-22-8-9-23(17-43)40-22)42-34(41-32)46-18-35-12-20-4-1-2-7-28(20)44(35)15-21(37)13-35/h3,5-6,10-11,14,20-23,28,40,45H,1-2,4,7-9,12-13,15-18H2/t20-,21-,22?,23?,28-,35-/m1/s1. The van der Waals surface area contributed by atoms with Crippen molar-refractivity contribution in [2.75, 3.05) is 31.1 Å². The number of hydrogen-bond donors (Lipinski definition) is 2. The maximum atomic E-state index is 16.9. The fourth-order valence-corrected chi connectivity index (χ4v) is 10.0. The van der Waals surface area contributed by atoms with Gasteiger partial charge in [-0.3, -0.25) is 9.88 Å². The highest BCUT2D eigenvalue weighted by Gasteiger charge is 2.57. The lowest BCUT2D eigenvalue weighted by molar-refractivity contribution is 0.0775. The van der Waals surface area contributed by atoms with Crippen LogP contribution in [-0.2, 0) is 0 Å². The van der Waals surface area contributed by atoms with Gasteiger partial charge in [0, 0.05) is 65.8 Å². The molecule has 0 radical (unpaired) electrons. The smallest absolute Gasteiger partial charge is 0.319 e. The van der Waals surface area contributed by atoms with Gasteiger partial charge in [0.05, 0.1) is 10.9 Å². The highest BCUT2D eigenvalue weighted by Crippen LogP contribution is 2.51. The third-order valence-corrected chi connectivity index (χ3v) is 12.0. The van der Waals surface area contributed by atoms with Crippen molar-refractivity contribution in [2.24, 2.45) is 5.92 Å². The number of piperazine rings is 1. The predicted molar refractivity (Wildman–Crippen MR) is 177 cm³/mol. The lowest BCUT2D eigenvalue weighted by Gasteiger charge is -2.36. The second-order valence-electron chi connectivity index (χ2n) is 14.2. The number of hydrogen-bond acceptors (Lipinski definition) is 8. The van der Waals surface area contributed by atoms with E-state index in [-0.39, 0.29) is 35.1 Å². The Morgan fingerprint density at radius 1 is 1.04 bits per heavy atom. The van der Waals surface area contributed by atoms with E-state index in [1.54, 1.807) is 18.3 Å². The predicted octanol–water partition coefficient (Wildman–Crippen LogP) is 6.52. The van der Waals surface area contributed by atoms with E-state index in [1.807, 2.05) is 18.2 Å². The van der Waals surface area contributed by atoms with Crippen LogP contribution >= 0.6 is 15.9 Å². The summed E-state index contributed by atoms with van der Waals surface area (Å²) in [5.74, 6) is 0.608. The van der Waals surface area contributed by atoms with Crippen molar-refractivity contribution in [3.8, 4) is 23.0 Å². The summed E-state index contributed by atoms with van der Waals surface area (Å²) in [6, 6.07) is 10.0. The maximum Gasteiger partial charge on any atom is 0.319 e. The monoisotopic (exact) mass is 690 g/mol. The van der Waals surface area contributed by atoms with Crippen LogP contribution in [0.2, 0.25) is 0 Å². The first-order chi connectivity index (χ1) is 22.3. The molecule has 4 aliphatic heterocycles. The van der Waals surface area contributed by atoms with Crippen LogP contribution in [0.4, 0.5) is 14.6 Å². The molecule has 8 nitrogen and oxygen atoms in total. The average molecular weight is 692 g/mol. The minimum atomic E-state index is -0.876. The molecule has 46 heavy (non-hydrogen) atoms. The third-order valence-electron chi connectivity index (χ3n) is 11.3.